The standard InChI is InChI=1S/C47H38F10O4/c1-19-11-27(12-20(2)41(19)58-29-15-23(5)43(24(6)16-29)60-45-37(54)33(50)31(48)34(51)38(45)55)47(9,10)28-13-21(3)42(22(4)14-28)59-30-17-25(7)44(26(8)18-30)61-46-39(56)35(52)32(49)36(53)40(46)57/h11-18H,1-10H3. The molecule has 0 saturated carbocycles. The lowest BCUT2D eigenvalue weighted by Crippen LogP contribution is -2.20. The van der Waals surface area contributed by atoms with Gasteiger partial charge in [0.25, 0.3) is 0 Å². The second kappa shape index (κ2) is 16.4. The fourth-order valence-corrected chi connectivity index (χ4v) is 7.16. The summed E-state index contributed by atoms with van der Waals surface area (Å²) in [6, 6.07) is 14.0. The van der Waals surface area contributed by atoms with Crippen LogP contribution in [0, 0.1) is 114 Å². The van der Waals surface area contributed by atoms with Gasteiger partial charge in [-0.15, -0.1) is 0 Å². The summed E-state index contributed by atoms with van der Waals surface area (Å²) in [5.41, 5.74) is 5.75. The molecule has 6 rings (SSSR count). The van der Waals surface area contributed by atoms with Crippen LogP contribution >= 0.6 is 0 Å². The molecule has 0 bridgehead atoms. The molecule has 0 N–H and O–H groups in total. The van der Waals surface area contributed by atoms with Gasteiger partial charge in [-0.2, -0.15) is 17.6 Å². The van der Waals surface area contributed by atoms with Gasteiger partial charge in [-0.05, 0) is 135 Å². The van der Waals surface area contributed by atoms with Gasteiger partial charge >= 0.3 is 0 Å². The quantitative estimate of drug-likeness (QED) is 0.0781. The average Bonchev–Trinajstić information content (AvgIpc) is 3.19. The average molecular weight is 857 g/mol. The summed E-state index contributed by atoms with van der Waals surface area (Å²) < 4.78 is 163. The molecule has 0 aromatic heterocycles. The van der Waals surface area contributed by atoms with Crippen molar-refractivity contribution in [3.8, 4) is 46.0 Å². The lowest BCUT2D eigenvalue weighted by atomic mass is 9.76. The van der Waals surface area contributed by atoms with Crippen molar-refractivity contribution in [1.29, 1.82) is 0 Å². The first-order valence-corrected chi connectivity index (χ1v) is 18.6. The lowest BCUT2D eigenvalue weighted by molar-refractivity contribution is 0.330. The van der Waals surface area contributed by atoms with Crippen LogP contribution in [0.3, 0.4) is 0 Å². The fourth-order valence-electron chi connectivity index (χ4n) is 7.16. The summed E-state index contributed by atoms with van der Waals surface area (Å²) in [5, 5.41) is 0. The number of halogens is 10. The lowest BCUT2D eigenvalue weighted by Gasteiger charge is -2.29. The Hall–Kier alpha value is -6.18. The third-order valence-electron chi connectivity index (χ3n) is 10.4. The molecule has 0 aliphatic rings. The SMILES string of the molecule is Cc1cc(C(C)(C)c2cc(C)c(Oc3cc(C)c(Oc4c(F)c(F)c(F)c(F)c4F)c(C)c3)c(C)c2)cc(C)c1Oc1cc(C)c(Oc2c(F)c(F)c(F)c(F)c2F)c(C)c1. The zero-order valence-electron chi connectivity index (χ0n) is 34.5. The van der Waals surface area contributed by atoms with Crippen LogP contribution in [0.4, 0.5) is 43.9 Å². The van der Waals surface area contributed by atoms with Gasteiger partial charge in [0.1, 0.15) is 34.5 Å². The van der Waals surface area contributed by atoms with Crippen LogP contribution in [0.5, 0.6) is 46.0 Å². The molecule has 4 nitrogen and oxygen atoms in total. The number of benzene rings is 6. The number of ether oxygens (including phenoxy) is 4. The van der Waals surface area contributed by atoms with E-state index in [1.54, 1.807) is 27.7 Å². The summed E-state index contributed by atoms with van der Waals surface area (Å²) in [4.78, 5) is 0. The number of hydrogen-bond donors (Lipinski definition) is 0. The van der Waals surface area contributed by atoms with Crippen molar-refractivity contribution in [2.75, 3.05) is 0 Å². The van der Waals surface area contributed by atoms with E-state index in [1.807, 2.05) is 52.0 Å². The molecule has 0 amide bonds. The van der Waals surface area contributed by atoms with Crippen LogP contribution in [0.2, 0.25) is 0 Å². The molecule has 6 aromatic carbocycles. The van der Waals surface area contributed by atoms with Gasteiger partial charge in [0.05, 0.1) is 0 Å². The molecule has 0 atom stereocenters. The van der Waals surface area contributed by atoms with Gasteiger partial charge in [0, 0.05) is 5.41 Å². The van der Waals surface area contributed by atoms with Crippen molar-refractivity contribution in [2.45, 2.75) is 74.7 Å². The highest BCUT2D eigenvalue weighted by Crippen LogP contribution is 2.44. The maximum Gasteiger partial charge on any atom is 0.207 e. The minimum atomic E-state index is -2.29. The molecule has 0 saturated heterocycles. The van der Waals surface area contributed by atoms with E-state index in [4.69, 9.17) is 18.9 Å². The van der Waals surface area contributed by atoms with Crippen molar-refractivity contribution < 1.29 is 62.9 Å². The van der Waals surface area contributed by atoms with Crippen molar-refractivity contribution in [3.63, 3.8) is 0 Å². The minimum absolute atomic E-state index is 0.104. The number of hydrogen-bond acceptors (Lipinski definition) is 4. The highest BCUT2D eigenvalue weighted by atomic mass is 19.2. The molecule has 0 unspecified atom stereocenters. The van der Waals surface area contributed by atoms with Crippen molar-refractivity contribution >= 4 is 0 Å². The van der Waals surface area contributed by atoms with E-state index in [9.17, 15) is 43.9 Å². The summed E-state index contributed by atoms with van der Waals surface area (Å²) in [5.74, 6) is -22.7. The summed E-state index contributed by atoms with van der Waals surface area (Å²) in [6.07, 6.45) is 0. The Bertz CT molecular complexity index is 2440. The van der Waals surface area contributed by atoms with Gasteiger partial charge in [0.15, 0.2) is 0 Å². The fraction of sp³-hybridized carbons (Fsp3) is 0.234. The van der Waals surface area contributed by atoms with Crippen molar-refractivity contribution in [1.82, 2.24) is 0 Å². The molecule has 0 radical (unpaired) electrons. The molecule has 0 aliphatic carbocycles. The van der Waals surface area contributed by atoms with E-state index < -0.39 is 75.1 Å². The van der Waals surface area contributed by atoms with E-state index in [1.165, 1.54) is 24.3 Å². The highest BCUT2D eigenvalue weighted by Gasteiger charge is 2.31. The largest absolute Gasteiger partial charge is 0.457 e. The zero-order valence-corrected chi connectivity index (χ0v) is 34.5. The predicted molar refractivity (Wildman–Crippen MR) is 209 cm³/mol. The predicted octanol–water partition coefficient (Wildman–Crippen LogP) is 15.0. The molecule has 61 heavy (non-hydrogen) atoms. The zero-order chi connectivity index (χ0) is 45.2. The molecular weight excluding hydrogens is 818 g/mol. The second-order valence-electron chi connectivity index (χ2n) is 15.5. The van der Waals surface area contributed by atoms with Crippen LogP contribution < -0.4 is 18.9 Å². The van der Waals surface area contributed by atoms with Crippen LogP contribution in [0.1, 0.15) is 69.5 Å². The van der Waals surface area contributed by atoms with Crippen LogP contribution in [-0.2, 0) is 5.41 Å². The van der Waals surface area contributed by atoms with E-state index in [0.29, 0.717) is 45.3 Å². The molecule has 14 heteroatoms. The third-order valence-corrected chi connectivity index (χ3v) is 10.4. The minimum Gasteiger partial charge on any atom is -0.457 e. The van der Waals surface area contributed by atoms with Crippen LogP contribution in [0.25, 0.3) is 0 Å². The Morgan fingerprint density at radius 3 is 0.721 bits per heavy atom. The van der Waals surface area contributed by atoms with Gasteiger partial charge in [-0.3, -0.25) is 0 Å². The Morgan fingerprint density at radius 2 is 0.475 bits per heavy atom. The maximum absolute atomic E-state index is 14.4. The van der Waals surface area contributed by atoms with Crippen molar-refractivity contribution in [2.24, 2.45) is 0 Å². The Balaban J connectivity index is 1.23. The Kier molecular flexibility index (Phi) is 11.9. The summed E-state index contributed by atoms with van der Waals surface area (Å²) in [6.45, 7) is 17.8. The Labute approximate surface area is 345 Å². The molecule has 0 heterocycles. The summed E-state index contributed by atoms with van der Waals surface area (Å²) >= 11 is 0. The molecule has 0 spiro atoms. The first-order chi connectivity index (χ1) is 28.4. The van der Waals surface area contributed by atoms with Gasteiger partial charge in [-0.1, -0.05) is 38.1 Å². The molecule has 320 valence electrons. The number of aryl methyl sites for hydroxylation is 8. The van der Waals surface area contributed by atoms with E-state index in [0.717, 1.165) is 33.4 Å². The third kappa shape index (κ3) is 8.07. The molecule has 0 fully saturated rings. The first kappa shape index (κ1) is 44.4. The topological polar surface area (TPSA) is 36.9 Å². The molecule has 6 aromatic rings. The molecule has 0 aliphatic heterocycles. The van der Waals surface area contributed by atoms with Crippen molar-refractivity contribution in [3.05, 3.63) is 162 Å². The summed E-state index contributed by atoms with van der Waals surface area (Å²) in [7, 11) is 0. The first-order valence-electron chi connectivity index (χ1n) is 18.6. The van der Waals surface area contributed by atoms with E-state index in [2.05, 4.69) is 13.8 Å². The second-order valence-corrected chi connectivity index (χ2v) is 15.5. The van der Waals surface area contributed by atoms with E-state index >= 15 is 0 Å². The Morgan fingerprint density at radius 1 is 0.279 bits per heavy atom. The normalized spacial score (nSPS) is 11.6. The van der Waals surface area contributed by atoms with Gasteiger partial charge in [-0.25, -0.2) is 26.3 Å². The van der Waals surface area contributed by atoms with E-state index in [-0.39, 0.29) is 11.5 Å². The van der Waals surface area contributed by atoms with Gasteiger partial charge < -0.3 is 18.9 Å². The van der Waals surface area contributed by atoms with Gasteiger partial charge in [0.2, 0.25) is 69.7 Å². The maximum atomic E-state index is 14.4. The number of rotatable bonds is 10. The smallest absolute Gasteiger partial charge is 0.207 e. The monoisotopic (exact) mass is 856 g/mol. The molecular formula is C47H38F10O4. The van der Waals surface area contributed by atoms with Crippen LogP contribution in [-0.4, -0.2) is 0 Å². The van der Waals surface area contributed by atoms with Crippen LogP contribution in [0.15, 0.2) is 48.5 Å². The highest BCUT2D eigenvalue weighted by molar-refractivity contribution is 5.56.